The van der Waals surface area contributed by atoms with Crippen LogP contribution in [0.3, 0.4) is 0 Å². The Bertz CT molecular complexity index is 646. The summed E-state index contributed by atoms with van der Waals surface area (Å²) in [5, 5.41) is 2.68. The van der Waals surface area contributed by atoms with Crippen molar-refractivity contribution in [3.05, 3.63) is 53.8 Å². The Labute approximate surface area is 127 Å². The minimum Gasteiger partial charge on any atom is -0.398 e. The smallest absolute Gasteiger partial charge is 0.225 e. The van der Waals surface area contributed by atoms with Gasteiger partial charge in [-0.1, -0.05) is 12.1 Å². The van der Waals surface area contributed by atoms with E-state index in [1.54, 1.807) is 23.9 Å². The van der Waals surface area contributed by atoms with Gasteiger partial charge >= 0.3 is 0 Å². The highest BCUT2D eigenvalue weighted by molar-refractivity contribution is 7.99. The molecule has 0 aliphatic heterocycles. The minimum absolute atomic E-state index is 0.130. The van der Waals surface area contributed by atoms with E-state index in [9.17, 15) is 9.18 Å². The van der Waals surface area contributed by atoms with E-state index in [1.807, 2.05) is 25.1 Å². The van der Waals surface area contributed by atoms with Crippen molar-refractivity contribution in [2.45, 2.75) is 18.2 Å². The van der Waals surface area contributed by atoms with Gasteiger partial charge in [-0.25, -0.2) is 4.39 Å². The van der Waals surface area contributed by atoms with Crippen LogP contribution in [0.25, 0.3) is 0 Å². The minimum atomic E-state index is -0.363. The number of carbonyl (C=O) groups excluding carboxylic acids is 1. The first-order valence-corrected chi connectivity index (χ1v) is 7.58. The highest BCUT2D eigenvalue weighted by atomic mass is 32.2. The lowest BCUT2D eigenvalue weighted by molar-refractivity contribution is -0.115. The van der Waals surface area contributed by atoms with Crippen LogP contribution in [-0.2, 0) is 4.79 Å². The van der Waals surface area contributed by atoms with Crippen molar-refractivity contribution in [2.24, 2.45) is 0 Å². The second-order valence-corrected chi connectivity index (χ2v) is 5.76. The van der Waals surface area contributed by atoms with Crippen molar-refractivity contribution in [1.82, 2.24) is 0 Å². The van der Waals surface area contributed by atoms with Crippen LogP contribution in [0.1, 0.15) is 12.0 Å². The zero-order valence-electron chi connectivity index (χ0n) is 11.7. The molecule has 0 aliphatic carbocycles. The van der Waals surface area contributed by atoms with Crippen LogP contribution in [0.15, 0.2) is 47.4 Å². The predicted molar refractivity (Wildman–Crippen MR) is 86.0 cm³/mol. The van der Waals surface area contributed by atoms with Crippen LogP contribution in [0, 0.1) is 12.7 Å². The van der Waals surface area contributed by atoms with E-state index in [0.29, 0.717) is 17.9 Å². The largest absolute Gasteiger partial charge is 0.398 e. The molecule has 21 heavy (non-hydrogen) atoms. The fraction of sp³-hybridized carbons (Fsp3) is 0.188. The molecule has 1 amide bonds. The van der Waals surface area contributed by atoms with Crippen LogP contribution >= 0.6 is 11.8 Å². The number of carbonyl (C=O) groups is 1. The average Bonchev–Trinajstić information content (AvgIpc) is 2.43. The van der Waals surface area contributed by atoms with Crippen LogP contribution in [-0.4, -0.2) is 11.7 Å². The molecule has 0 aliphatic rings. The third-order valence-electron chi connectivity index (χ3n) is 3.02. The Kier molecular flexibility index (Phi) is 5.22. The number of amides is 1. The Hall–Kier alpha value is -2.01. The maximum atomic E-state index is 13.0. The average molecular weight is 304 g/mol. The van der Waals surface area contributed by atoms with Gasteiger partial charge in [0.2, 0.25) is 5.91 Å². The first kappa shape index (κ1) is 15.4. The number of anilines is 2. The summed E-state index contributed by atoms with van der Waals surface area (Å²) in [7, 11) is 0. The van der Waals surface area contributed by atoms with Gasteiger partial charge in [-0.05, 0) is 42.8 Å². The molecule has 2 rings (SSSR count). The number of halogens is 1. The summed E-state index contributed by atoms with van der Waals surface area (Å²) in [5.41, 5.74) is 8.11. The second kappa shape index (κ2) is 7.13. The molecule has 3 N–H and O–H groups in total. The molecule has 3 nitrogen and oxygen atoms in total. The third-order valence-corrected chi connectivity index (χ3v) is 4.18. The van der Waals surface area contributed by atoms with Gasteiger partial charge in [0.05, 0.1) is 0 Å². The number of rotatable bonds is 5. The van der Waals surface area contributed by atoms with E-state index in [-0.39, 0.29) is 11.7 Å². The molecule has 0 heterocycles. The molecule has 110 valence electrons. The van der Waals surface area contributed by atoms with Gasteiger partial charge < -0.3 is 11.1 Å². The highest BCUT2D eigenvalue weighted by Crippen LogP contribution is 2.26. The van der Waals surface area contributed by atoms with Gasteiger partial charge in [-0.2, -0.15) is 0 Å². The molecular weight excluding hydrogens is 287 g/mol. The summed E-state index contributed by atoms with van der Waals surface area (Å²) in [5.74, 6) is 0.151. The molecule has 0 saturated carbocycles. The summed E-state index contributed by atoms with van der Waals surface area (Å²) in [6, 6.07) is 11.6. The Balaban J connectivity index is 1.83. The van der Waals surface area contributed by atoms with Crippen LogP contribution in [0.2, 0.25) is 0 Å². The van der Waals surface area contributed by atoms with Crippen molar-refractivity contribution in [3.63, 3.8) is 0 Å². The van der Waals surface area contributed by atoms with Crippen LogP contribution < -0.4 is 11.1 Å². The number of nitrogens with two attached hydrogens (primary N) is 1. The van der Waals surface area contributed by atoms with Gasteiger partial charge in [0.1, 0.15) is 5.82 Å². The lowest BCUT2D eigenvalue weighted by Crippen LogP contribution is -2.12. The maximum Gasteiger partial charge on any atom is 0.225 e. The number of nitrogens with one attached hydrogen (secondary N) is 1. The normalized spacial score (nSPS) is 10.4. The molecule has 0 radical (unpaired) electrons. The summed E-state index contributed by atoms with van der Waals surface area (Å²) in [4.78, 5) is 12.9. The molecule has 0 unspecified atom stereocenters. The zero-order valence-corrected chi connectivity index (χ0v) is 12.5. The van der Waals surface area contributed by atoms with E-state index in [1.165, 1.54) is 12.1 Å². The van der Waals surface area contributed by atoms with Gasteiger partial charge in [0, 0.05) is 28.4 Å². The third kappa shape index (κ3) is 4.49. The first-order chi connectivity index (χ1) is 10.1. The van der Waals surface area contributed by atoms with Crippen molar-refractivity contribution < 1.29 is 9.18 Å². The fourth-order valence-corrected chi connectivity index (χ4v) is 2.85. The Morgan fingerprint density at radius 1 is 1.29 bits per heavy atom. The number of hydrogen-bond acceptors (Lipinski definition) is 3. The zero-order chi connectivity index (χ0) is 15.2. The summed E-state index contributed by atoms with van der Waals surface area (Å²) in [6.07, 6.45) is 0.357. The van der Waals surface area contributed by atoms with Gasteiger partial charge in [0.15, 0.2) is 0 Å². The first-order valence-electron chi connectivity index (χ1n) is 6.59. The van der Waals surface area contributed by atoms with Crippen molar-refractivity contribution in [1.29, 1.82) is 0 Å². The van der Waals surface area contributed by atoms with E-state index in [4.69, 9.17) is 5.73 Å². The van der Waals surface area contributed by atoms with E-state index in [0.717, 1.165) is 16.1 Å². The summed E-state index contributed by atoms with van der Waals surface area (Å²) < 4.78 is 13.0. The van der Waals surface area contributed by atoms with Crippen LogP contribution in [0.5, 0.6) is 0 Å². The molecule has 2 aromatic rings. The van der Waals surface area contributed by atoms with E-state index in [2.05, 4.69) is 5.32 Å². The fourth-order valence-electron chi connectivity index (χ4n) is 1.83. The molecule has 0 bridgehead atoms. The van der Waals surface area contributed by atoms with Crippen molar-refractivity contribution in [3.8, 4) is 0 Å². The highest BCUT2D eigenvalue weighted by Gasteiger charge is 2.06. The molecule has 0 fully saturated rings. The second-order valence-electron chi connectivity index (χ2n) is 4.63. The number of hydrogen-bond donors (Lipinski definition) is 2. The SMILES string of the molecule is Cc1c(N)cccc1SCCC(=O)Nc1cccc(F)c1. The maximum absolute atomic E-state index is 13.0. The predicted octanol–water partition coefficient (Wildman–Crippen LogP) is 3.84. The molecule has 0 saturated heterocycles. The topological polar surface area (TPSA) is 55.1 Å². The monoisotopic (exact) mass is 304 g/mol. The van der Waals surface area contributed by atoms with Gasteiger partial charge in [-0.15, -0.1) is 11.8 Å². The Morgan fingerprint density at radius 3 is 2.81 bits per heavy atom. The molecule has 0 atom stereocenters. The molecule has 5 heteroatoms. The Morgan fingerprint density at radius 2 is 2.05 bits per heavy atom. The summed E-state index contributed by atoms with van der Waals surface area (Å²) >= 11 is 1.59. The van der Waals surface area contributed by atoms with Crippen LogP contribution in [0.4, 0.5) is 15.8 Å². The van der Waals surface area contributed by atoms with E-state index < -0.39 is 0 Å². The molecule has 0 aromatic heterocycles. The van der Waals surface area contributed by atoms with Gasteiger partial charge in [0.25, 0.3) is 0 Å². The van der Waals surface area contributed by atoms with Crippen molar-refractivity contribution >= 4 is 29.0 Å². The number of thioether (sulfide) groups is 1. The lowest BCUT2D eigenvalue weighted by Gasteiger charge is -2.08. The van der Waals surface area contributed by atoms with Crippen molar-refractivity contribution in [2.75, 3.05) is 16.8 Å². The number of benzene rings is 2. The van der Waals surface area contributed by atoms with E-state index >= 15 is 0 Å². The number of nitrogen functional groups attached to an aromatic ring is 1. The molecule has 2 aromatic carbocycles. The molecule has 0 spiro atoms. The standard InChI is InChI=1S/C16H17FN2OS/c1-11-14(18)6-3-7-15(11)21-9-8-16(20)19-13-5-2-4-12(17)10-13/h2-7,10H,8-9,18H2,1H3,(H,19,20). The molecular formula is C16H17FN2OS. The van der Waals surface area contributed by atoms with Gasteiger partial charge in [-0.3, -0.25) is 4.79 Å². The quantitative estimate of drug-likeness (QED) is 0.652. The lowest BCUT2D eigenvalue weighted by atomic mass is 10.2. The summed E-state index contributed by atoms with van der Waals surface area (Å²) in [6.45, 7) is 1.96.